The summed E-state index contributed by atoms with van der Waals surface area (Å²) in [6, 6.07) is 17.2. The number of esters is 1. The number of thioether (sulfide) groups is 1. The van der Waals surface area contributed by atoms with Gasteiger partial charge in [-0.15, -0.1) is 21.5 Å². The van der Waals surface area contributed by atoms with E-state index in [4.69, 9.17) is 9.47 Å². The Morgan fingerprint density at radius 1 is 1.05 bits per heavy atom. The van der Waals surface area contributed by atoms with E-state index in [1.165, 1.54) is 23.1 Å². The molecule has 2 aromatic heterocycles. The molecule has 12 heteroatoms. The molecule has 4 aromatic rings. The van der Waals surface area contributed by atoms with Crippen LogP contribution in [0.15, 0.2) is 59.8 Å². The number of amides is 2. The minimum atomic E-state index is -0.543. The van der Waals surface area contributed by atoms with Gasteiger partial charge in [-0.05, 0) is 61.9 Å². The summed E-state index contributed by atoms with van der Waals surface area (Å²) in [5, 5.41) is 15.2. The van der Waals surface area contributed by atoms with Crippen molar-refractivity contribution in [2.24, 2.45) is 0 Å². The minimum absolute atomic E-state index is 0.147. The van der Waals surface area contributed by atoms with Gasteiger partial charge < -0.3 is 24.7 Å². The average molecular weight is 634 g/mol. The van der Waals surface area contributed by atoms with Crippen molar-refractivity contribution in [3.05, 3.63) is 87.6 Å². The number of aryl methyl sites for hydroxylation is 1. The molecule has 0 saturated heterocycles. The highest BCUT2D eigenvalue weighted by atomic mass is 32.2. The van der Waals surface area contributed by atoms with Crippen molar-refractivity contribution < 1.29 is 23.9 Å². The molecular weight excluding hydrogens is 599 g/mol. The zero-order valence-corrected chi connectivity index (χ0v) is 26.6. The van der Waals surface area contributed by atoms with Gasteiger partial charge in [0.1, 0.15) is 10.8 Å². The molecule has 2 amide bonds. The lowest BCUT2D eigenvalue weighted by atomic mass is 10.1. The largest absolute Gasteiger partial charge is 0.497 e. The molecule has 10 nitrogen and oxygen atoms in total. The van der Waals surface area contributed by atoms with E-state index in [1.807, 2.05) is 59.2 Å². The van der Waals surface area contributed by atoms with E-state index in [-0.39, 0.29) is 31.4 Å². The van der Waals surface area contributed by atoms with Crippen LogP contribution in [0.2, 0.25) is 0 Å². The number of nitrogens with one attached hydrogen (secondary N) is 2. The molecule has 2 aromatic carbocycles. The van der Waals surface area contributed by atoms with E-state index in [9.17, 15) is 14.4 Å². The number of carbonyl (C=O) groups is 3. The van der Waals surface area contributed by atoms with Crippen LogP contribution in [0.25, 0.3) is 0 Å². The van der Waals surface area contributed by atoms with Crippen LogP contribution in [-0.2, 0) is 46.7 Å². The van der Waals surface area contributed by atoms with Crippen LogP contribution in [0, 0.1) is 0 Å². The van der Waals surface area contributed by atoms with Gasteiger partial charge in [0.25, 0.3) is 0 Å². The van der Waals surface area contributed by atoms with Crippen LogP contribution in [0.5, 0.6) is 5.75 Å². The zero-order valence-electron chi connectivity index (χ0n) is 24.9. The van der Waals surface area contributed by atoms with Gasteiger partial charge in [0.05, 0.1) is 44.0 Å². The number of anilines is 1. The molecule has 0 spiro atoms. The summed E-state index contributed by atoms with van der Waals surface area (Å²) in [6.07, 6.45) is 2.92. The number of rotatable bonds is 13. The first-order valence-electron chi connectivity index (χ1n) is 14.5. The Labute approximate surface area is 264 Å². The lowest BCUT2D eigenvalue weighted by molar-refractivity contribution is -0.120. The Kier molecular flexibility index (Phi) is 10.3. The topological polar surface area (TPSA) is 124 Å². The number of aromatic nitrogens is 3. The molecule has 1 aliphatic carbocycles. The van der Waals surface area contributed by atoms with Gasteiger partial charge in [-0.1, -0.05) is 54.2 Å². The molecule has 44 heavy (non-hydrogen) atoms. The number of thiophene rings is 1. The van der Waals surface area contributed by atoms with Crippen LogP contribution in [0.4, 0.5) is 5.00 Å². The predicted molar refractivity (Wildman–Crippen MR) is 170 cm³/mol. The second kappa shape index (κ2) is 14.5. The first kappa shape index (κ1) is 31.3. The van der Waals surface area contributed by atoms with Crippen molar-refractivity contribution in [1.29, 1.82) is 0 Å². The number of benzene rings is 2. The number of hydrogen-bond donors (Lipinski definition) is 2. The van der Waals surface area contributed by atoms with E-state index in [1.54, 1.807) is 21.0 Å². The predicted octanol–water partition coefficient (Wildman–Crippen LogP) is 5.04. The van der Waals surface area contributed by atoms with Gasteiger partial charge in [0.2, 0.25) is 11.8 Å². The van der Waals surface area contributed by atoms with Gasteiger partial charge in [0.15, 0.2) is 11.0 Å². The fourth-order valence-electron chi connectivity index (χ4n) is 4.97. The van der Waals surface area contributed by atoms with Crippen molar-refractivity contribution in [2.75, 3.05) is 19.0 Å². The third-order valence-electron chi connectivity index (χ3n) is 7.23. The van der Waals surface area contributed by atoms with E-state index in [0.29, 0.717) is 28.1 Å². The van der Waals surface area contributed by atoms with Gasteiger partial charge >= 0.3 is 5.97 Å². The maximum absolute atomic E-state index is 13.4. The molecule has 2 heterocycles. The smallest absolute Gasteiger partial charge is 0.341 e. The number of hydrogen-bond acceptors (Lipinski definition) is 9. The Hall–Kier alpha value is -4.16. The summed E-state index contributed by atoms with van der Waals surface area (Å²) in [6.45, 7) is 4.49. The van der Waals surface area contributed by atoms with Crippen molar-refractivity contribution in [3.63, 3.8) is 0 Å². The minimum Gasteiger partial charge on any atom is -0.497 e. The molecular formula is C32H35N5O5S2. The quantitative estimate of drug-likeness (QED) is 0.155. The summed E-state index contributed by atoms with van der Waals surface area (Å²) < 4.78 is 12.4. The standard InChI is InChI=1S/C32H35N5O5S2/c1-4-42-31(40)28-24-11-8-12-25(24)44-30(28)34-29(39)20(2)43-32-36-35-26(37(32)19-22-9-6-5-7-10-22)18-33-27(38)17-21-13-15-23(41-3)16-14-21/h5-7,9-10,13-16,20H,4,8,11-12,17-19H2,1-3H3,(H,33,38)(H,34,39). The van der Waals surface area contributed by atoms with E-state index in [2.05, 4.69) is 20.8 Å². The van der Waals surface area contributed by atoms with Gasteiger partial charge in [-0.3, -0.25) is 9.59 Å². The summed E-state index contributed by atoms with van der Waals surface area (Å²) in [7, 11) is 1.60. The zero-order chi connectivity index (χ0) is 31.1. The van der Waals surface area contributed by atoms with E-state index in [0.717, 1.165) is 46.6 Å². The Morgan fingerprint density at radius 3 is 2.55 bits per heavy atom. The van der Waals surface area contributed by atoms with Gasteiger partial charge in [-0.25, -0.2) is 4.79 Å². The number of carbonyl (C=O) groups excluding carboxylic acids is 3. The molecule has 0 radical (unpaired) electrons. The fraction of sp³-hybridized carbons (Fsp3) is 0.344. The molecule has 0 bridgehead atoms. The van der Waals surface area contributed by atoms with Gasteiger partial charge in [0, 0.05) is 4.88 Å². The van der Waals surface area contributed by atoms with Crippen LogP contribution in [0.3, 0.4) is 0 Å². The third-order valence-corrected chi connectivity index (χ3v) is 9.52. The normalized spacial score (nSPS) is 12.8. The maximum atomic E-state index is 13.4. The Balaban J connectivity index is 1.29. The second-order valence-corrected chi connectivity index (χ2v) is 12.7. The molecule has 2 N–H and O–H groups in total. The van der Waals surface area contributed by atoms with Crippen LogP contribution in [0.1, 0.15) is 58.0 Å². The number of ether oxygens (including phenoxy) is 2. The van der Waals surface area contributed by atoms with Crippen molar-refractivity contribution in [1.82, 2.24) is 20.1 Å². The molecule has 0 fully saturated rings. The average Bonchev–Trinajstić information content (AvgIpc) is 3.72. The van der Waals surface area contributed by atoms with Crippen molar-refractivity contribution in [3.8, 4) is 5.75 Å². The highest BCUT2D eigenvalue weighted by molar-refractivity contribution is 8.00. The third kappa shape index (κ3) is 7.48. The van der Waals surface area contributed by atoms with Crippen molar-refractivity contribution >= 4 is 45.9 Å². The molecule has 0 saturated carbocycles. The van der Waals surface area contributed by atoms with Crippen LogP contribution in [-0.4, -0.2) is 51.5 Å². The second-order valence-electron chi connectivity index (χ2n) is 10.3. The molecule has 0 aliphatic heterocycles. The van der Waals surface area contributed by atoms with Gasteiger partial charge in [-0.2, -0.15) is 0 Å². The Bertz CT molecular complexity index is 1620. The summed E-state index contributed by atoms with van der Waals surface area (Å²) in [5.41, 5.74) is 3.37. The highest BCUT2D eigenvalue weighted by Crippen LogP contribution is 2.40. The van der Waals surface area contributed by atoms with Crippen LogP contribution < -0.4 is 15.4 Å². The lowest BCUT2D eigenvalue weighted by Gasteiger charge is -2.15. The highest BCUT2D eigenvalue weighted by Gasteiger charge is 2.30. The number of methoxy groups -OCH3 is 1. The number of fused-ring (bicyclic) bond motifs is 1. The van der Waals surface area contributed by atoms with E-state index >= 15 is 0 Å². The summed E-state index contributed by atoms with van der Waals surface area (Å²) >= 11 is 2.73. The molecule has 1 aliphatic rings. The molecule has 1 unspecified atom stereocenters. The maximum Gasteiger partial charge on any atom is 0.341 e. The summed E-state index contributed by atoms with van der Waals surface area (Å²) in [4.78, 5) is 40.0. The van der Waals surface area contributed by atoms with Crippen LogP contribution >= 0.6 is 23.1 Å². The lowest BCUT2D eigenvalue weighted by Crippen LogP contribution is -2.27. The first-order chi connectivity index (χ1) is 21.4. The molecule has 230 valence electrons. The first-order valence-corrected chi connectivity index (χ1v) is 16.2. The Morgan fingerprint density at radius 2 is 1.82 bits per heavy atom. The number of nitrogens with zero attached hydrogens (tertiary/aromatic N) is 3. The molecule has 1 atom stereocenters. The van der Waals surface area contributed by atoms with Crippen molar-refractivity contribution in [2.45, 2.75) is 63.0 Å². The monoisotopic (exact) mass is 633 g/mol. The fourth-order valence-corrected chi connectivity index (χ4v) is 7.11. The SMILES string of the molecule is CCOC(=O)c1c(NC(=O)C(C)Sc2nnc(CNC(=O)Cc3ccc(OC)cc3)n2Cc2ccccc2)sc2c1CCC2. The van der Waals surface area contributed by atoms with E-state index < -0.39 is 11.2 Å². The summed E-state index contributed by atoms with van der Waals surface area (Å²) in [5.74, 6) is 0.514. The molecule has 5 rings (SSSR count).